The number of carbonyl (C=O) groups excluding carboxylic acids is 1. The topological polar surface area (TPSA) is 43.1 Å². The van der Waals surface area contributed by atoms with Crippen molar-refractivity contribution >= 4 is 11.5 Å². The van der Waals surface area contributed by atoms with E-state index in [4.69, 9.17) is 5.73 Å². The Kier molecular flexibility index (Phi) is 3.12. The van der Waals surface area contributed by atoms with E-state index in [9.17, 15) is 9.18 Å². The van der Waals surface area contributed by atoms with E-state index >= 15 is 0 Å². The van der Waals surface area contributed by atoms with Gasteiger partial charge in [0.1, 0.15) is 5.82 Å². The molecule has 1 rings (SSSR count). The molecule has 2 N–H and O–H groups in total. The molecule has 0 heterocycles. The second-order valence-electron chi connectivity index (χ2n) is 4.90. The zero-order chi connectivity index (χ0) is 11.6. The number of carbonyl (C=O) groups is 1. The third-order valence-electron chi connectivity index (χ3n) is 2.01. The van der Waals surface area contributed by atoms with Crippen LogP contribution in [0.25, 0.3) is 0 Å². The highest BCUT2D eigenvalue weighted by atomic mass is 19.1. The van der Waals surface area contributed by atoms with E-state index in [2.05, 4.69) is 0 Å². The first-order valence-corrected chi connectivity index (χ1v) is 4.88. The predicted octanol–water partition coefficient (Wildman–Crippen LogP) is 3.03. The van der Waals surface area contributed by atoms with E-state index < -0.39 is 5.82 Å². The van der Waals surface area contributed by atoms with E-state index in [1.165, 1.54) is 12.1 Å². The summed E-state index contributed by atoms with van der Waals surface area (Å²) in [6.07, 6.45) is 0.399. The first-order chi connectivity index (χ1) is 6.79. The van der Waals surface area contributed by atoms with Crippen molar-refractivity contribution in [3.8, 4) is 0 Å². The Morgan fingerprint density at radius 1 is 1.40 bits per heavy atom. The minimum Gasteiger partial charge on any atom is -0.396 e. The lowest BCUT2D eigenvalue weighted by Crippen LogP contribution is -2.13. The molecule has 0 fully saturated rings. The first-order valence-electron chi connectivity index (χ1n) is 4.88. The molecule has 1 aromatic carbocycles. The highest BCUT2D eigenvalue weighted by molar-refractivity contribution is 5.96. The summed E-state index contributed by atoms with van der Waals surface area (Å²) < 4.78 is 13.1. The zero-order valence-electron chi connectivity index (χ0n) is 9.30. The van der Waals surface area contributed by atoms with Crippen LogP contribution in [-0.2, 0) is 0 Å². The van der Waals surface area contributed by atoms with Crippen molar-refractivity contribution < 1.29 is 9.18 Å². The highest BCUT2D eigenvalue weighted by Crippen LogP contribution is 2.22. The number of hydrogen-bond acceptors (Lipinski definition) is 2. The number of rotatable bonds is 2. The molecule has 0 saturated heterocycles. The molecule has 3 heteroatoms. The van der Waals surface area contributed by atoms with Gasteiger partial charge in [0.25, 0.3) is 0 Å². The second-order valence-corrected chi connectivity index (χ2v) is 4.90. The van der Waals surface area contributed by atoms with E-state index in [0.29, 0.717) is 12.0 Å². The van der Waals surface area contributed by atoms with E-state index in [0.717, 1.165) is 0 Å². The fourth-order valence-corrected chi connectivity index (χ4v) is 1.28. The van der Waals surface area contributed by atoms with Crippen LogP contribution in [0.3, 0.4) is 0 Å². The summed E-state index contributed by atoms with van der Waals surface area (Å²) in [5.74, 6) is -0.587. The van der Waals surface area contributed by atoms with E-state index in [1.807, 2.05) is 20.8 Å². The van der Waals surface area contributed by atoms with Crippen LogP contribution in [0.5, 0.6) is 0 Å². The summed E-state index contributed by atoms with van der Waals surface area (Å²) in [6, 6.07) is 4.18. The van der Waals surface area contributed by atoms with Crippen LogP contribution in [0, 0.1) is 11.2 Å². The molecule has 1 aromatic rings. The Labute approximate surface area is 89.3 Å². The summed E-state index contributed by atoms with van der Waals surface area (Å²) >= 11 is 0. The van der Waals surface area contributed by atoms with Gasteiger partial charge in [0.15, 0.2) is 5.78 Å². The molecule has 15 heavy (non-hydrogen) atoms. The molecular formula is C12H16FNO. The average Bonchev–Trinajstić information content (AvgIpc) is 2.06. The minimum absolute atomic E-state index is 0.0543. The lowest BCUT2D eigenvalue weighted by atomic mass is 9.88. The zero-order valence-corrected chi connectivity index (χ0v) is 9.30. The number of Topliss-reactive ketones (excluding diaryl/α,β-unsaturated/α-hetero) is 1. The lowest BCUT2D eigenvalue weighted by molar-refractivity contribution is 0.0939. The maximum Gasteiger partial charge on any atom is 0.163 e. The second kappa shape index (κ2) is 4.01. The molecule has 0 radical (unpaired) electrons. The quantitative estimate of drug-likeness (QED) is 0.601. The summed E-state index contributed by atoms with van der Waals surface area (Å²) in [5, 5.41) is 0. The van der Waals surface area contributed by atoms with Crippen molar-refractivity contribution in [2.24, 2.45) is 5.41 Å². The number of benzene rings is 1. The molecule has 0 aliphatic rings. The monoisotopic (exact) mass is 209 g/mol. The Bertz CT molecular complexity index is 380. The van der Waals surface area contributed by atoms with Gasteiger partial charge in [-0.1, -0.05) is 20.8 Å². The van der Waals surface area contributed by atoms with Crippen molar-refractivity contribution in [2.45, 2.75) is 27.2 Å². The van der Waals surface area contributed by atoms with E-state index in [1.54, 1.807) is 6.07 Å². The summed E-state index contributed by atoms with van der Waals surface area (Å²) in [6.45, 7) is 5.91. The summed E-state index contributed by atoms with van der Waals surface area (Å²) in [5.41, 5.74) is 5.70. The van der Waals surface area contributed by atoms with Gasteiger partial charge in [-0.25, -0.2) is 4.39 Å². The number of halogens is 1. The van der Waals surface area contributed by atoms with Crippen molar-refractivity contribution in [3.63, 3.8) is 0 Å². The Balaban J connectivity index is 2.88. The molecule has 0 atom stereocenters. The van der Waals surface area contributed by atoms with Crippen LogP contribution < -0.4 is 5.73 Å². The Morgan fingerprint density at radius 2 is 2.00 bits per heavy atom. The molecular weight excluding hydrogens is 193 g/mol. The van der Waals surface area contributed by atoms with Gasteiger partial charge in [-0.2, -0.15) is 0 Å². The normalized spacial score (nSPS) is 11.5. The number of hydrogen-bond donors (Lipinski definition) is 1. The van der Waals surface area contributed by atoms with Crippen LogP contribution in [0.4, 0.5) is 10.1 Å². The van der Waals surface area contributed by atoms with Gasteiger partial charge in [-0.3, -0.25) is 4.79 Å². The first kappa shape index (κ1) is 11.7. The third-order valence-corrected chi connectivity index (χ3v) is 2.01. The molecule has 82 valence electrons. The summed E-state index contributed by atoms with van der Waals surface area (Å²) in [7, 11) is 0. The highest BCUT2D eigenvalue weighted by Gasteiger charge is 2.17. The SMILES string of the molecule is CC(C)(C)CC(=O)c1ccc(N)c(F)c1. The minimum atomic E-state index is -0.533. The smallest absolute Gasteiger partial charge is 0.163 e. The molecule has 0 bridgehead atoms. The average molecular weight is 209 g/mol. The van der Waals surface area contributed by atoms with Gasteiger partial charge in [-0.05, 0) is 23.6 Å². The van der Waals surface area contributed by atoms with Gasteiger partial charge in [0.2, 0.25) is 0 Å². The number of ketones is 1. The van der Waals surface area contributed by atoms with Crippen molar-refractivity contribution in [2.75, 3.05) is 5.73 Å². The van der Waals surface area contributed by atoms with Crippen molar-refractivity contribution in [1.29, 1.82) is 0 Å². The van der Waals surface area contributed by atoms with Gasteiger partial charge < -0.3 is 5.73 Å². The van der Waals surface area contributed by atoms with Crippen LogP contribution in [0.2, 0.25) is 0 Å². The predicted molar refractivity (Wildman–Crippen MR) is 59.2 cm³/mol. The Morgan fingerprint density at radius 3 is 2.47 bits per heavy atom. The molecule has 0 aliphatic heterocycles. The molecule has 0 amide bonds. The van der Waals surface area contributed by atoms with Gasteiger partial charge in [0, 0.05) is 12.0 Å². The van der Waals surface area contributed by atoms with Crippen molar-refractivity contribution in [1.82, 2.24) is 0 Å². The maximum atomic E-state index is 13.1. The molecule has 0 unspecified atom stereocenters. The van der Waals surface area contributed by atoms with Crippen LogP contribution in [-0.4, -0.2) is 5.78 Å². The largest absolute Gasteiger partial charge is 0.396 e. The lowest BCUT2D eigenvalue weighted by Gasteiger charge is -2.16. The third kappa shape index (κ3) is 3.35. The maximum absolute atomic E-state index is 13.1. The van der Waals surface area contributed by atoms with Gasteiger partial charge >= 0.3 is 0 Å². The Hall–Kier alpha value is -1.38. The van der Waals surface area contributed by atoms with Crippen LogP contribution >= 0.6 is 0 Å². The molecule has 0 aliphatic carbocycles. The van der Waals surface area contributed by atoms with Crippen molar-refractivity contribution in [3.05, 3.63) is 29.6 Å². The number of nitrogen functional groups attached to an aromatic ring is 1. The molecule has 0 spiro atoms. The molecule has 2 nitrogen and oxygen atoms in total. The fraction of sp³-hybridized carbons (Fsp3) is 0.417. The number of anilines is 1. The molecule has 0 aromatic heterocycles. The molecule has 0 saturated carbocycles. The summed E-state index contributed by atoms with van der Waals surface area (Å²) in [4.78, 5) is 11.7. The van der Waals surface area contributed by atoms with Crippen LogP contribution in [0.1, 0.15) is 37.6 Å². The number of nitrogens with two attached hydrogens (primary N) is 1. The van der Waals surface area contributed by atoms with Crippen LogP contribution in [0.15, 0.2) is 18.2 Å². The van der Waals surface area contributed by atoms with Gasteiger partial charge in [0.05, 0.1) is 5.69 Å². The van der Waals surface area contributed by atoms with E-state index in [-0.39, 0.29) is 16.9 Å². The fourth-order valence-electron chi connectivity index (χ4n) is 1.28. The standard InChI is InChI=1S/C12H16FNO/c1-12(2,3)7-11(15)8-4-5-10(14)9(13)6-8/h4-6H,7,14H2,1-3H3. The van der Waals surface area contributed by atoms with Gasteiger partial charge in [-0.15, -0.1) is 0 Å².